The predicted molar refractivity (Wildman–Crippen MR) is 136 cm³/mol. The van der Waals surface area contributed by atoms with Crippen molar-refractivity contribution in [2.75, 3.05) is 24.1 Å². The third-order valence-corrected chi connectivity index (χ3v) is 8.12. The lowest BCUT2D eigenvalue weighted by Gasteiger charge is -2.26. The van der Waals surface area contributed by atoms with Gasteiger partial charge in [-0.1, -0.05) is 53.0 Å². The molecule has 1 heterocycles. The number of nitrogens with one attached hydrogen (secondary N) is 1. The first-order chi connectivity index (χ1) is 16.7. The molecule has 0 aromatic heterocycles. The molecule has 10 heteroatoms. The van der Waals surface area contributed by atoms with Gasteiger partial charge in [0, 0.05) is 0 Å². The Hall–Kier alpha value is -2.94. The van der Waals surface area contributed by atoms with Crippen LogP contribution in [0, 0.1) is 6.92 Å². The van der Waals surface area contributed by atoms with Crippen LogP contribution in [0.2, 0.25) is 10.0 Å². The minimum Gasteiger partial charge on any atom is -0.486 e. The second-order valence-corrected chi connectivity index (χ2v) is 10.7. The van der Waals surface area contributed by atoms with Gasteiger partial charge in [0.25, 0.3) is 10.0 Å². The van der Waals surface area contributed by atoms with E-state index in [1.54, 1.807) is 43.3 Å². The average molecular weight is 535 g/mol. The van der Waals surface area contributed by atoms with E-state index in [0.717, 1.165) is 15.4 Å². The van der Waals surface area contributed by atoms with E-state index in [4.69, 9.17) is 32.7 Å². The van der Waals surface area contributed by atoms with Crippen LogP contribution in [-0.2, 0) is 14.8 Å². The number of ether oxygens (including phenoxy) is 2. The van der Waals surface area contributed by atoms with Gasteiger partial charge in [-0.3, -0.25) is 9.10 Å². The summed E-state index contributed by atoms with van der Waals surface area (Å²) in [4.78, 5) is 13.1. The fourth-order valence-corrected chi connectivity index (χ4v) is 5.53. The summed E-state index contributed by atoms with van der Waals surface area (Å²) in [5.41, 5.74) is 1.81. The maximum atomic E-state index is 13.6. The van der Waals surface area contributed by atoms with E-state index in [9.17, 15) is 13.2 Å². The van der Waals surface area contributed by atoms with E-state index in [-0.39, 0.29) is 20.6 Å². The van der Waals surface area contributed by atoms with Crippen molar-refractivity contribution in [3.63, 3.8) is 0 Å². The van der Waals surface area contributed by atoms with Crippen LogP contribution in [0.15, 0.2) is 65.6 Å². The number of benzene rings is 3. The summed E-state index contributed by atoms with van der Waals surface area (Å²) in [7, 11) is -4.12. The highest BCUT2D eigenvalue weighted by Crippen LogP contribution is 2.36. The molecule has 1 amide bonds. The molecule has 0 spiro atoms. The normalized spacial score (nSPS) is 13.7. The first-order valence-electron chi connectivity index (χ1n) is 10.9. The van der Waals surface area contributed by atoms with Crippen molar-refractivity contribution in [2.45, 2.75) is 24.8 Å². The van der Waals surface area contributed by atoms with E-state index in [0.29, 0.717) is 24.7 Å². The van der Waals surface area contributed by atoms with Gasteiger partial charge in [0.2, 0.25) is 5.91 Å². The zero-order valence-corrected chi connectivity index (χ0v) is 21.5. The number of carbonyl (C=O) groups excluding carboxylic acids is 1. The van der Waals surface area contributed by atoms with Crippen LogP contribution in [0.3, 0.4) is 0 Å². The molecular formula is C25H24Cl2N2O5S. The molecule has 35 heavy (non-hydrogen) atoms. The Bertz CT molecular complexity index is 1350. The lowest BCUT2D eigenvalue weighted by molar-refractivity contribution is -0.120. The molecule has 3 aromatic carbocycles. The zero-order chi connectivity index (χ0) is 25.2. The molecule has 1 aliphatic heterocycles. The summed E-state index contributed by atoms with van der Waals surface area (Å²) >= 11 is 12.5. The van der Waals surface area contributed by atoms with E-state index < -0.39 is 28.5 Å². The molecule has 0 saturated heterocycles. The molecule has 0 aliphatic carbocycles. The topological polar surface area (TPSA) is 84.9 Å². The summed E-state index contributed by atoms with van der Waals surface area (Å²) in [5, 5.41) is 3.07. The average Bonchev–Trinajstić information content (AvgIpc) is 2.84. The number of hydrogen-bond donors (Lipinski definition) is 1. The number of fused-ring (bicyclic) bond motifs is 1. The zero-order valence-electron chi connectivity index (χ0n) is 19.1. The Morgan fingerprint density at radius 3 is 2.43 bits per heavy atom. The Kier molecular flexibility index (Phi) is 7.44. The molecular weight excluding hydrogens is 511 g/mol. The maximum absolute atomic E-state index is 13.6. The molecule has 3 aromatic rings. The van der Waals surface area contributed by atoms with Crippen molar-refractivity contribution in [1.82, 2.24) is 5.32 Å². The number of sulfonamides is 1. The number of rotatable bonds is 7. The standard InChI is InChI=1S/C25H24Cl2N2O5S/c1-16-6-9-19(10-7-16)35(31,32)29(21-5-3-4-20(26)25(21)27)15-24(30)28-17(2)18-8-11-22-23(14-18)34-13-12-33-22/h3-11,14,17H,12-13,15H2,1-2H3,(H,28,30). The van der Waals surface area contributed by atoms with E-state index in [2.05, 4.69) is 5.32 Å². The van der Waals surface area contributed by atoms with Gasteiger partial charge in [0.05, 0.1) is 26.7 Å². The van der Waals surface area contributed by atoms with Crippen LogP contribution in [0.5, 0.6) is 11.5 Å². The Morgan fingerprint density at radius 2 is 1.71 bits per heavy atom. The summed E-state index contributed by atoms with van der Waals surface area (Å²) < 4.78 is 39.3. The fourth-order valence-electron chi connectivity index (χ4n) is 3.65. The minimum atomic E-state index is -4.12. The van der Waals surface area contributed by atoms with Gasteiger partial charge < -0.3 is 14.8 Å². The summed E-state index contributed by atoms with van der Waals surface area (Å²) in [5.74, 6) is 0.729. The van der Waals surface area contributed by atoms with Crippen molar-refractivity contribution < 1.29 is 22.7 Å². The second kappa shape index (κ2) is 10.4. The van der Waals surface area contributed by atoms with Crippen LogP contribution in [-0.4, -0.2) is 34.1 Å². The molecule has 0 saturated carbocycles. The highest BCUT2D eigenvalue weighted by atomic mass is 35.5. The molecule has 1 atom stereocenters. The van der Waals surface area contributed by atoms with Crippen LogP contribution < -0.4 is 19.1 Å². The number of carbonyl (C=O) groups is 1. The molecule has 0 fully saturated rings. The van der Waals surface area contributed by atoms with Crippen LogP contribution in [0.1, 0.15) is 24.1 Å². The van der Waals surface area contributed by atoms with Crippen molar-refractivity contribution in [3.05, 3.63) is 81.8 Å². The smallest absolute Gasteiger partial charge is 0.264 e. The largest absolute Gasteiger partial charge is 0.486 e. The number of halogens is 2. The summed E-state index contributed by atoms with van der Waals surface area (Å²) in [6.45, 7) is 4.09. The molecule has 0 bridgehead atoms. The van der Waals surface area contributed by atoms with Gasteiger partial charge in [-0.15, -0.1) is 0 Å². The number of anilines is 1. The molecule has 0 radical (unpaired) electrons. The van der Waals surface area contributed by atoms with Crippen molar-refractivity contribution in [1.29, 1.82) is 0 Å². The summed E-state index contributed by atoms with van der Waals surface area (Å²) in [6, 6.07) is 16.0. The number of nitrogens with zero attached hydrogens (tertiary/aromatic N) is 1. The monoisotopic (exact) mass is 534 g/mol. The molecule has 1 N–H and O–H groups in total. The van der Waals surface area contributed by atoms with Crippen LogP contribution >= 0.6 is 23.2 Å². The minimum absolute atomic E-state index is 0.0341. The fraction of sp³-hybridized carbons (Fsp3) is 0.240. The lowest BCUT2D eigenvalue weighted by atomic mass is 10.1. The highest BCUT2D eigenvalue weighted by Gasteiger charge is 2.30. The first kappa shape index (κ1) is 25.2. The lowest BCUT2D eigenvalue weighted by Crippen LogP contribution is -2.41. The van der Waals surface area contributed by atoms with Gasteiger partial charge >= 0.3 is 0 Å². The van der Waals surface area contributed by atoms with Gasteiger partial charge in [-0.25, -0.2) is 8.42 Å². The Labute approximate surface area is 214 Å². The van der Waals surface area contributed by atoms with E-state index >= 15 is 0 Å². The second-order valence-electron chi connectivity index (χ2n) is 8.09. The SMILES string of the molecule is Cc1ccc(S(=O)(=O)N(CC(=O)NC(C)c2ccc3c(c2)OCCO3)c2cccc(Cl)c2Cl)cc1. The van der Waals surface area contributed by atoms with E-state index in [1.807, 2.05) is 13.0 Å². The third kappa shape index (κ3) is 5.50. The van der Waals surface area contributed by atoms with Gasteiger partial charge in [-0.2, -0.15) is 0 Å². The molecule has 7 nitrogen and oxygen atoms in total. The Balaban J connectivity index is 1.61. The molecule has 1 unspecified atom stereocenters. The van der Waals surface area contributed by atoms with E-state index in [1.165, 1.54) is 18.2 Å². The molecule has 4 rings (SSSR count). The predicted octanol–water partition coefficient (Wildman–Crippen LogP) is 5.15. The van der Waals surface area contributed by atoms with Gasteiger partial charge in [0.15, 0.2) is 11.5 Å². The van der Waals surface area contributed by atoms with Crippen molar-refractivity contribution >= 4 is 44.8 Å². The summed E-state index contributed by atoms with van der Waals surface area (Å²) in [6.07, 6.45) is 0. The highest BCUT2D eigenvalue weighted by molar-refractivity contribution is 7.92. The van der Waals surface area contributed by atoms with Gasteiger partial charge in [-0.05, 0) is 55.8 Å². The maximum Gasteiger partial charge on any atom is 0.264 e. The molecule has 184 valence electrons. The Morgan fingerprint density at radius 1 is 1.03 bits per heavy atom. The van der Waals surface area contributed by atoms with Crippen molar-refractivity contribution in [2.24, 2.45) is 0 Å². The van der Waals surface area contributed by atoms with Gasteiger partial charge in [0.1, 0.15) is 19.8 Å². The number of hydrogen-bond acceptors (Lipinski definition) is 5. The van der Waals surface area contributed by atoms with Crippen LogP contribution in [0.25, 0.3) is 0 Å². The third-order valence-electron chi connectivity index (χ3n) is 5.54. The first-order valence-corrected chi connectivity index (χ1v) is 13.1. The quantitative estimate of drug-likeness (QED) is 0.453. The van der Waals surface area contributed by atoms with Crippen LogP contribution in [0.4, 0.5) is 5.69 Å². The van der Waals surface area contributed by atoms with Crippen molar-refractivity contribution in [3.8, 4) is 11.5 Å². The molecule has 1 aliphatic rings. The number of amides is 1. The number of aryl methyl sites for hydroxylation is 1.